The molecule has 1 N–H and O–H groups in total. The van der Waals surface area contributed by atoms with E-state index in [2.05, 4.69) is 0 Å². The molecule has 0 amide bonds. The van der Waals surface area contributed by atoms with E-state index in [-0.39, 0.29) is 24.0 Å². The Balaban J connectivity index is 1.90. The zero-order valence-electron chi connectivity index (χ0n) is 14.6. The topological polar surface area (TPSA) is 63.6 Å². The highest BCUT2D eigenvalue weighted by atomic mass is 32.2. The third-order valence-corrected chi connectivity index (χ3v) is 6.57. The SMILES string of the molecule is C[C@@H](CS(=O)(=O)CCCCCO)c1cccc(OC2CCCC2)c1. The first-order valence-corrected chi connectivity index (χ1v) is 10.9. The maximum Gasteiger partial charge on any atom is 0.150 e. The summed E-state index contributed by atoms with van der Waals surface area (Å²) in [5, 5.41) is 8.76. The quantitative estimate of drug-likeness (QED) is 0.651. The Morgan fingerprint density at radius 1 is 1.21 bits per heavy atom. The van der Waals surface area contributed by atoms with Gasteiger partial charge in [0.05, 0.1) is 17.6 Å². The third-order valence-electron chi connectivity index (χ3n) is 4.65. The van der Waals surface area contributed by atoms with Gasteiger partial charge in [-0.15, -0.1) is 0 Å². The molecule has 1 fully saturated rings. The van der Waals surface area contributed by atoms with Gasteiger partial charge in [0.2, 0.25) is 0 Å². The van der Waals surface area contributed by atoms with Crippen LogP contribution in [0.3, 0.4) is 0 Å². The molecule has 0 heterocycles. The molecule has 1 aliphatic rings. The molecule has 0 radical (unpaired) electrons. The maximum atomic E-state index is 12.2. The van der Waals surface area contributed by atoms with Crippen molar-refractivity contribution in [3.05, 3.63) is 29.8 Å². The summed E-state index contributed by atoms with van der Waals surface area (Å²) in [6, 6.07) is 7.87. The fourth-order valence-electron chi connectivity index (χ4n) is 3.26. The molecule has 136 valence electrons. The average molecular weight is 355 g/mol. The lowest BCUT2D eigenvalue weighted by atomic mass is 10.0. The average Bonchev–Trinajstić information content (AvgIpc) is 3.04. The Labute approximate surface area is 146 Å². The molecule has 4 nitrogen and oxygen atoms in total. The predicted molar refractivity (Wildman–Crippen MR) is 97.3 cm³/mol. The molecule has 1 aliphatic carbocycles. The van der Waals surface area contributed by atoms with Crippen molar-refractivity contribution in [2.45, 2.75) is 63.9 Å². The maximum absolute atomic E-state index is 12.2. The van der Waals surface area contributed by atoms with E-state index in [0.717, 1.165) is 30.6 Å². The summed E-state index contributed by atoms with van der Waals surface area (Å²) in [7, 11) is -3.07. The van der Waals surface area contributed by atoms with Crippen LogP contribution in [0.1, 0.15) is 63.4 Å². The highest BCUT2D eigenvalue weighted by Gasteiger charge is 2.19. The Morgan fingerprint density at radius 2 is 1.96 bits per heavy atom. The van der Waals surface area contributed by atoms with Crippen LogP contribution in [-0.2, 0) is 9.84 Å². The molecular weight excluding hydrogens is 324 g/mol. The molecule has 1 saturated carbocycles. The van der Waals surface area contributed by atoms with Crippen LogP contribution in [0.25, 0.3) is 0 Å². The minimum Gasteiger partial charge on any atom is -0.490 e. The molecule has 1 aromatic rings. The fourth-order valence-corrected chi connectivity index (χ4v) is 5.03. The molecule has 1 aromatic carbocycles. The molecule has 0 saturated heterocycles. The van der Waals surface area contributed by atoms with E-state index in [9.17, 15) is 8.42 Å². The van der Waals surface area contributed by atoms with Crippen LogP contribution in [0.2, 0.25) is 0 Å². The lowest BCUT2D eigenvalue weighted by Crippen LogP contribution is -2.16. The second-order valence-electron chi connectivity index (χ2n) is 6.90. The minimum absolute atomic E-state index is 0.0417. The van der Waals surface area contributed by atoms with Crippen molar-refractivity contribution >= 4 is 9.84 Å². The van der Waals surface area contributed by atoms with Gasteiger partial charge in [0.25, 0.3) is 0 Å². The molecule has 1 atom stereocenters. The van der Waals surface area contributed by atoms with Crippen molar-refractivity contribution in [2.75, 3.05) is 18.1 Å². The molecule has 0 aliphatic heterocycles. The smallest absolute Gasteiger partial charge is 0.150 e. The van der Waals surface area contributed by atoms with Crippen molar-refractivity contribution in [1.29, 1.82) is 0 Å². The second kappa shape index (κ2) is 9.42. The van der Waals surface area contributed by atoms with Crippen LogP contribution in [0.15, 0.2) is 24.3 Å². The Morgan fingerprint density at radius 3 is 2.67 bits per heavy atom. The van der Waals surface area contributed by atoms with Gasteiger partial charge in [-0.1, -0.05) is 25.5 Å². The number of hydrogen-bond donors (Lipinski definition) is 1. The van der Waals surface area contributed by atoms with Crippen LogP contribution in [0.5, 0.6) is 5.75 Å². The number of unbranched alkanes of at least 4 members (excludes halogenated alkanes) is 2. The third kappa shape index (κ3) is 6.44. The van der Waals surface area contributed by atoms with Crippen molar-refractivity contribution in [3.8, 4) is 5.75 Å². The molecule has 5 heteroatoms. The van der Waals surface area contributed by atoms with E-state index < -0.39 is 9.84 Å². The largest absolute Gasteiger partial charge is 0.490 e. The number of aliphatic hydroxyl groups excluding tert-OH is 1. The Kier molecular flexibility index (Phi) is 7.56. The molecule has 24 heavy (non-hydrogen) atoms. The van der Waals surface area contributed by atoms with E-state index >= 15 is 0 Å². The molecule has 0 spiro atoms. The number of hydrogen-bond acceptors (Lipinski definition) is 4. The molecule has 2 rings (SSSR count). The number of aliphatic hydroxyl groups is 1. The van der Waals surface area contributed by atoms with E-state index in [1.165, 1.54) is 12.8 Å². The molecule has 0 aromatic heterocycles. The number of benzene rings is 1. The van der Waals surface area contributed by atoms with Crippen LogP contribution >= 0.6 is 0 Å². The fraction of sp³-hybridized carbons (Fsp3) is 0.684. The minimum atomic E-state index is -3.07. The molecular formula is C19H30O4S. The lowest BCUT2D eigenvalue weighted by Gasteiger charge is -2.16. The molecule has 0 unspecified atom stereocenters. The number of sulfone groups is 1. The van der Waals surface area contributed by atoms with E-state index in [0.29, 0.717) is 18.9 Å². The van der Waals surface area contributed by atoms with Gasteiger partial charge in [0.1, 0.15) is 5.75 Å². The van der Waals surface area contributed by atoms with Crippen molar-refractivity contribution in [2.24, 2.45) is 0 Å². The first-order chi connectivity index (χ1) is 11.5. The monoisotopic (exact) mass is 354 g/mol. The highest BCUT2D eigenvalue weighted by Crippen LogP contribution is 2.27. The van der Waals surface area contributed by atoms with Gasteiger partial charge >= 0.3 is 0 Å². The number of ether oxygens (including phenoxy) is 1. The van der Waals surface area contributed by atoms with Gasteiger partial charge < -0.3 is 9.84 Å². The Hall–Kier alpha value is -1.07. The van der Waals surface area contributed by atoms with Crippen molar-refractivity contribution < 1.29 is 18.3 Å². The van der Waals surface area contributed by atoms with Crippen LogP contribution in [0, 0.1) is 0 Å². The van der Waals surface area contributed by atoms with Crippen molar-refractivity contribution in [3.63, 3.8) is 0 Å². The van der Waals surface area contributed by atoms with E-state index in [1.54, 1.807) is 0 Å². The van der Waals surface area contributed by atoms with Crippen LogP contribution < -0.4 is 4.74 Å². The summed E-state index contributed by atoms with van der Waals surface area (Å²) in [6.07, 6.45) is 7.06. The van der Waals surface area contributed by atoms with E-state index in [1.807, 2.05) is 31.2 Å². The Bertz CT molecular complexity index is 591. The van der Waals surface area contributed by atoms with Gasteiger partial charge in [-0.05, 0) is 62.1 Å². The summed E-state index contributed by atoms with van der Waals surface area (Å²) in [5.41, 5.74) is 1.02. The first kappa shape index (κ1) is 19.3. The number of rotatable bonds is 10. The van der Waals surface area contributed by atoms with Crippen LogP contribution in [-0.4, -0.2) is 37.7 Å². The first-order valence-electron chi connectivity index (χ1n) is 9.08. The zero-order chi connectivity index (χ0) is 17.4. The van der Waals surface area contributed by atoms with Gasteiger partial charge in [0, 0.05) is 6.61 Å². The lowest BCUT2D eigenvalue weighted by molar-refractivity contribution is 0.210. The summed E-state index contributed by atoms with van der Waals surface area (Å²) in [5.74, 6) is 1.18. The summed E-state index contributed by atoms with van der Waals surface area (Å²) >= 11 is 0. The standard InChI is InChI=1S/C19H30O4S/c1-16(15-24(21,22)13-6-2-5-12-20)17-8-7-11-19(14-17)23-18-9-3-4-10-18/h7-8,11,14,16,18,20H,2-6,9-10,12-13,15H2,1H3/t16-/m0/s1. The predicted octanol–water partition coefficient (Wildman–Crippen LogP) is 3.69. The summed E-state index contributed by atoms with van der Waals surface area (Å²) in [6.45, 7) is 2.09. The zero-order valence-corrected chi connectivity index (χ0v) is 15.4. The van der Waals surface area contributed by atoms with Gasteiger partial charge in [-0.25, -0.2) is 8.42 Å². The van der Waals surface area contributed by atoms with Gasteiger partial charge in [-0.3, -0.25) is 0 Å². The normalized spacial score (nSPS) is 17.1. The van der Waals surface area contributed by atoms with Gasteiger partial charge in [0.15, 0.2) is 9.84 Å². The second-order valence-corrected chi connectivity index (χ2v) is 9.13. The van der Waals surface area contributed by atoms with Crippen molar-refractivity contribution in [1.82, 2.24) is 0 Å². The molecule has 0 bridgehead atoms. The summed E-state index contributed by atoms with van der Waals surface area (Å²) in [4.78, 5) is 0. The van der Waals surface area contributed by atoms with Crippen LogP contribution in [0.4, 0.5) is 0 Å². The highest BCUT2D eigenvalue weighted by molar-refractivity contribution is 7.91. The van der Waals surface area contributed by atoms with E-state index in [4.69, 9.17) is 9.84 Å². The van der Waals surface area contributed by atoms with Gasteiger partial charge in [-0.2, -0.15) is 0 Å². The summed E-state index contributed by atoms with van der Waals surface area (Å²) < 4.78 is 30.5.